The third-order valence-corrected chi connectivity index (χ3v) is 6.47. The first-order chi connectivity index (χ1) is 15.2. The van der Waals surface area contributed by atoms with Gasteiger partial charge >= 0.3 is 0 Å². The van der Waals surface area contributed by atoms with Crippen LogP contribution in [0.2, 0.25) is 0 Å². The van der Waals surface area contributed by atoms with Gasteiger partial charge < -0.3 is 0 Å². The van der Waals surface area contributed by atoms with Gasteiger partial charge in [0.25, 0.3) is 0 Å². The maximum absolute atomic E-state index is 5.90. The minimum absolute atomic E-state index is 0.391. The van der Waals surface area contributed by atoms with E-state index in [1.807, 2.05) is 22.9 Å². The molecule has 0 N–H and O–H groups in total. The van der Waals surface area contributed by atoms with E-state index in [2.05, 4.69) is 70.0 Å². The molecule has 0 amide bonds. The number of benzene rings is 2. The number of aryl methyl sites for hydroxylation is 1. The van der Waals surface area contributed by atoms with Gasteiger partial charge in [-0.05, 0) is 60.9 Å². The predicted molar refractivity (Wildman–Crippen MR) is 125 cm³/mol. The van der Waals surface area contributed by atoms with Crippen molar-refractivity contribution in [3.8, 4) is 11.4 Å². The van der Waals surface area contributed by atoms with Crippen LogP contribution in [0.25, 0.3) is 11.4 Å². The first kappa shape index (κ1) is 19.8. The zero-order chi connectivity index (χ0) is 21.2. The van der Waals surface area contributed by atoms with Gasteiger partial charge in [0.2, 0.25) is 0 Å². The zero-order valence-electron chi connectivity index (χ0n) is 17.6. The van der Waals surface area contributed by atoms with E-state index in [4.69, 9.17) is 17.3 Å². The monoisotopic (exact) mass is 427 g/mol. The van der Waals surface area contributed by atoms with Gasteiger partial charge in [0.1, 0.15) is 0 Å². The number of rotatable bonds is 6. The Morgan fingerprint density at radius 1 is 1.00 bits per heavy atom. The smallest absolute Gasteiger partial charge is 0.199 e. The summed E-state index contributed by atoms with van der Waals surface area (Å²) < 4.78 is 4.81. The van der Waals surface area contributed by atoms with E-state index < -0.39 is 0 Å². The van der Waals surface area contributed by atoms with E-state index in [-0.39, 0.29) is 0 Å². The number of fused-ring (bicyclic) bond motifs is 1. The van der Waals surface area contributed by atoms with Crippen molar-refractivity contribution in [1.29, 1.82) is 0 Å². The Morgan fingerprint density at radius 2 is 1.74 bits per heavy atom. The molecule has 2 heterocycles. The number of hydrogen-bond acceptors (Lipinski definition) is 4. The molecule has 0 fully saturated rings. The summed E-state index contributed by atoms with van der Waals surface area (Å²) in [5.74, 6) is 0.872. The van der Waals surface area contributed by atoms with E-state index in [0.717, 1.165) is 29.0 Å². The van der Waals surface area contributed by atoms with Crippen molar-refractivity contribution in [2.24, 2.45) is 0 Å². The maximum Gasteiger partial charge on any atom is 0.199 e. The second-order valence-electron chi connectivity index (χ2n) is 8.07. The van der Waals surface area contributed by atoms with Crippen molar-refractivity contribution in [3.63, 3.8) is 0 Å². The molecule has 0 saturated carbocycles. The molecule has 0 aliphatic heterocycles. The number of aromatic nitrogens is 4. The lowest BCUT2D eigenvalue weighted by molar-refractivity contribution is 0.182. The van der Waals surface area contributed by atoms with Crippen molar-refractivity contribution < 1.29 is 0 Å². The molecular weight excluding hydrogens is 402 g/mol. The molecule has 5 nitrogen and oxygen atoms in total. The van der Waals surface area contributed by atoms with E-state index >= 15 is 0 Å². The molecule has 156 valence electrons. The van der Waals surface area contributed by atoms with Crippen LogP contribution in [-0.4, -0.2) is 31.3 Å². The van der Waals surface area contributed by atoms with Crippen molar-refractivity contribution in [3.05, 3.63) is 101 Å². The molecule has 0 bridgehead atoms. The average molecular weight is 428 g/mol. The van der Waals surface area contributed by atoms with Crippen LogP contribution in [0.4, 0.5) is 0 Å². The molecule has 2 aromatic heterocycles. The summed E-state index contributed by atoms with van der Waals surface area (Å²) in [5.41, 5.74) is 5.10. The van der Waals surface area contributed by atoms with Crippen molar-refractivity contribution in [2.45, 2.75) is 32.1 Å². The van der Waals surface area contributed by atoms with E-state index in [0.29, 0.717) is 19.3 Å². The summed E-state index contributed by atoms with van der Waals surface area (Å²) in [6.45, 7) is 1.34. The molecule has 1 aliphatic rings. The number of nitrogens with zero attached hydrogens (tertiary/aromatic N) is 5. The highest BCUT2D eigenvalue weighted by atomic mass is 32.1. The second-order valence-corrected chi connectivity index (χ2v) is 8.43. The SMILES string of the molecule is CN(Cn1nc(-c2ccncc2)n(Cc2ccccc2)c1=S)C1CCc2ccccc21. The first-order valence-electron chi connectivity index (χ1n) is 10.6. The first-order valence-corrected chi connectivity index (χ1v) is 11.0. The molecule has 4 aromatic rings. The highest BCUT2D eigenvalue weighted by molar-refractivity contribution is 7.71. The fraction of sp³-hybridized carbons (Fsp3) is 0.240. The number of hydrogen-bond donors (Lipinski definition) is 0. The molecule has 5 rings (SSSR count). The quantitative estimate of drug-likeness (QED) is 0.401. The average Bonchev–Trinajstić information content (AvgIpc) is 3.37. The van der Waals surface area contributed by atoms with Crippen LogP contribution >= 0.6 is 12.2 Å². The molecule has 0 saturated heterocycles. The van der Waals surface area contributed by atoms with Crippen LogP contribution in [0.15, 0.2) is 79.1 Å². The second kappa shape index (κ2) is 8.57. The van der Waals surface area contributed by atoms with E-state index in [9.17, 15) is 0 Å². The summed E-state index contributed by atoms with van der Waals surface area (Å²) in [7, 11) is 2.16. The maximum atomic E-state index is 5.90. The van der Waals surface area contributed by atoms with Crippen LogP contribution in [0, 0.1) is 4.77 Å². The summed E-state index contributed by atoms with van der Waals surface area (Å²) in [5, 5.41) is 4.95. The Labute approximate surface area is 187 Å². The predicted octanol–water partition coefficient (Wildman–Crippen LogP) is 5.10. The molecule has 2 aromatic carbocycles. The van der Waals surface area contributed by atoms with Crippen LogP contribution < -0.4 is 0 Å². The Kier molecular flexibility index (Phi) is 5.49. The van der Waals surface area contributed by atoms with Crippen LogP contribution in [0.1, 0.15) is 29.2 Å². The summed E-state index contributed by atoms with van der Waals surface area (Å²) >= 11 is 5.90. The Bertz CT molecular complexity index is 1230. The summed E-state index contributed by atoms with van der Waals surface area (Å²) in [6.07, 6.45) is 5.85. The topological polar surface area (TPSA) is 38.9 Å². The molecule has 1 aliphatic carbocycles. The van der Waals surface area contributed by atoms with Crippen molar-refractivity contribution in [1.82, 2.24) is 24.2 Å². The van der Waals surface area contributed by atoms with Crippen molar-refractivity contribution >= 4 is 12.2 Å². The highest BCUT2D eigenvalue weighted by Crippen LogP contribution is 2.35. The fourth-order valence-corrected chi connectivity index (χ4v) is 4.71. The Morgan fingerprint density at radius 3 is 2.55 bits per heavy atom. The molecule has 0 spiro atoms. The lowest BCUT2D eigenvalue weighted by Crippen LogP contribution is -2.26. The van der Waals surface area contributed by atoms with Gasteiger partial charge in [-0.1, -0.05) is 54.6 Å². The molecule has 31 heavy (non-hydrogen) atoms. The third kappa shape index (κ3) is 3.96. The van der Waals surface area contributed by atoms with Gasteiger partial charge in [-0.15, -0.1) is 0 Å². The van der Waals surface area contributed by atoms with Gasteiger partial charge in [0.05, 0.1) is 13.2 Å². The van der Waals surface area contributed by atoms with Crippen LogP contribution in [0.5, 0.6) is 0 Å². The normalized spacial score (nSPS) is 15.4. The van der Waals surface area contributed by atoms with Crippen LogP contribution in [-0.2, 0) is 19.6 Å². The lowest BCUT2D eigenvalue weighted by Gasteiger charge is -2.24. The van der Waals surface area contributed by atoms with Crippen LogP contribution in [0.3, 0.4) is 0 Å². The fourth-order valence-electron chi connectivity index (χ4n) is 4.46. The lowest BCUT2D eigenvalue weighted by atomic mass is 10.1. The van der Waals surface area contributed by atoms with E-state index in [1.54, 1.807) is 12.4 Å². The Hall–Kier alpha value is -3.09. The molecule has 1 atom stereocenters. The van der Waals surface area contributed by atoms with E-state index in [1.165, 1.54) is 16.7 Å². The molecule has 0 radical (unpaired) electrons. The highest BCUT2D eigenvalue weighted by Gasteiger charge is 2.26. The van der Waals surface area contributed by atoms with Gasteiger partial charge in [-0.2, -0.15) is 5.10 Å². The molecule has 6 heteroatoms. The summed E-state index contributed by atoms with van der Waals surface area (Å²) in [6, 6.07) is 23.5. The minimum Gasteiger partial charge on any atom is -0.295 e. The van der Waals surface area contributed by atoms with Gasteiger partial charge in [-0.25, -0.2) is 4.68 Å². The van der Waals surface area contributed by atoms with Gasteiger partial charge in [0, 0.05) is 24.0 Å². The standard InChI is InChI=1S/C25H25N5S/c1-28(23-12-11-20-9-5-6-10-22(20)23)18-30-25(31)29(17-19-7-3-2-4-8-19)24(27-30)21-13-15-26-16-14-21/h2-10,13-16,23H,11-12,17-18H2,1H3. The third-order valence-electron chi connectivity index (χ3n) is 6.04. The van der Waals surface area contributed by atoms with Gasteiger partial charge in [-0.3, -0.25) is 14.5 Å². The largest absolute Gasteiger partial charge is 0.295 e. The van der Waals surface area contributed by atoms with Crippen molar-refractivity contribution in [2.75, 3.05) is 7.05 Å². The minimum atomic E-state index is 0.391. The summed E-state index contributed by atoms with van der Waals surface area (Å²) in [4.78, 5) is 6.52. The number of pyridine rings is 1. The Balaban J connectivity index is 1.49. The molecule has 1 unspecified atom stereocenters. The zero-order valence-corrected chi connectivity index (χ0v) is 18.4. The van der Waals surface area contributed by atoms with Gasteiger partial charge in [0.15, 0.2) is 10.6 Å². The molecular formula is C25H25N5S.